The van der Waals surface area contributed by atoms with Crippen molar-refractivity contribution < 1.29 is 14.3 Å². The number of halogens is 1. The second-order valence-electron chi connectivity index (χ2n) is 3.57. The molecule has 18 heavy (non-hydrogen) atoms. The summed E-state index contributed by atoms with van der Waals surface area (Å²) in [4.78, 5) is 14.7. The maximum absolute atomic E-state index is 13.2. The zero-order chi connectivity index (χ0) is 13.1. The van der Waals surface area contributed by atoms with Crippen LogP contribution in [-0.2, 0) is 0 Å². The summed E-state index contributed by atoms with van der Waals surface area (Å²) in [5, 5.41) is 17.6. The molecule has 1 aromatic heterocycles. The smallest absolute Gasteiger partial charge is 0.338 e. The van der Waals surface area contributed by atoms with Gasteiger partial charge in [-0.05, 0) is 23.8 Å². The molecular weight excluding hydrogens is 235 g/mol. The lowest BCUT2D eigenvalue weighted by atomic mass is 10.0. The highest BCUT2D eigenvalue weighted by Crippen LogP contribution is 2.22. The summed E-state index contributed by atoms with van der Waals surface area (Å²) < 4.78 is 13.2. The van der Waals surface area contributed by atoms with Gasteiger partial charge in [0.25, 0.3) is 0 Å². The van der Waals surface area contributed by atoms with Gasteiger partial charge in [0.2, 0.25) is 0 Å². The van der Waals surface area contributed by atoms with E-state index in [2.05, 4.69) is 4.98 Å². The molecule has 0 saturated heterocycles. The maximum atomic E-state index is 13.2. The molecule has 4 nitrogen and oxygen atoms in total. The molecule has 0 fully saturated rings. The van der Waals surface area contributed by atoms with Crippen molar-refractivity contribution in [2.24, 2.45) is 0 Å². The van der Waals surface area contributed by atoms with Crippen molar-refractivity contribution in [1.29, 1.82) is 5.26 Å². The maximum Gasteiger partial charge on any atom is 0.338 e. The Labute approximate surface area is 102 Å². The molecule has 88 valence electrons. The Kier molecular flexibility index (Phi) is 3.02. The minimum Gasteiger partial charge on any atom is -0.478 e. The lowest BCUT2D eigenvalue weighted by molar-refractivity contribution is 0.0692. The quantitative estimate of drug-likeness (QED) is 0.877. The summed E-state index contributed by atoms with van der Waals surface area (Å²) >= 11 is 0. The first-order chi connectivity index (χ1) is 8.61. The minimum atomic E-state index is -1.33. The number of hydrogen-bond acceptors (Lipinski definition) is 3. The van der Waals surface area contributed by atoms with Gasteiger partial charge in [-0.15, -0.1) is 0 Å². The number of carboxylic acid groups (broad SMARTS) is 1. The number of carboxylic acids is 1. The van der Waals surface area contributed by atoms with E-state index in [1.807, 2.05) is 6.07 Å². The Morgan fingerprint density at radius 2 is 2.06 bits per heavy atom. The number of aromatic carboxylic acids is 1. The van der Waals surface area contributed by atoms with E-state index in [0.29, 0.717) is 16.7 Å². The predicted molar refractivity (Wildman–Crippen MR) is 61.3 cm³/mol. The van der Waals surface area contributed by atoms with Crippen LogP contribution in [0.1, 0.15) is 15.9 Å². The van der Waals surface area contributed by atoms with E-state index in [9.17, 15) is 9.18 Å². The molecular formula is C13H7FN2O2. The average Bonchev–Trinajstić information content (AvgIpc) is 2.39. The van der Waals surface area contributed by atoms with Crippen LogP contribution in [0.4, 0.5) is 4.39 Å². The van der Waals surface area contributed by atoms with Crippen LogP contribution < -0.4 is 0 Å². The number of nitriles is 1. The van der Waals surface area contributed by atoms with Gasteiger partial charge in [-0.25, -0.2) is 9.18 Å². The highest BCUT2D eigenvalue weighted by Gasteiger charge is 2.11. The lowest BCUT2D eigenvalue weighted by Gasteiger charge is -2.04. The van der Waals surface area contributed by atoms with E-state index in [-0.39, 0.29) is 0 Å². The van der Waals surface area contributed by atoms with Gasteiger partial charge in [0.15, 0.2) is 0 Å². The summed E-state index contributed by atoms with van der Waals surface area (Å²) in [5.41, 5.74) is 1.01. The molecule has 0 amide bonds. The van der Waals surface area contributed by atoms with Crippen molar-refractivity contribution in [2.45, 2.75) is 0 Å². The second kappa shape index (κ2) is 4.63. The molecule has 1 heterocycles. The first kappa shape index (κ1) is 11.7. The fraction of sp³-hybridized carbons (Fsp3) is 0. The number of carbonyl (C=O) groups is 1. The zero-order valence-electron chi connectivity index (χ0n) is 9.09. The lowest BCUT2D eigenvalue weighted by Crippen LogP contribution is -2.00. The van der Waals surface area contributed by atoms with Crippen LogP contribution in [0.25, 0.3) is 11.1 Å². The summed E-state index contributed by atoms with van der Waals surface area (Å²) in [6.45, 7) is 0. The Balaban J connectivity index is 2.54. The van der Waals surface area contributed by atoms with Gasteiger partial charge in [-0.2, -0.15) is 5.26 Å². The molecule has 0 atom stereocenters. The second-order valence-corrected chi connectivity index (χ2v) is 3.57. The van der Waals surface area contributed by atoms with Gasteiger partial charge < -0.3 is 5.11 Å². The fourth-order valence-corrected chi connectivity index (χ4v) is 1.53. The van der Waals surface area contributed by atoms with Crippen molar-refractivity contribution in [1.82, 2.24) is 4.98 Å². The van der Waals surface area contributed by atoms with E-state index in [1.165, 1.54) is 24.5 Å². The predicted octanol–water partition coefficient (Wildman–Crippen LogP) is 2.46. The molecule has 0 aliphatic heterocycles. The van der Waals surface area contributed by atoms with Gasteiger partial charge in [-0.1, -0.05) is 6.07 Å². The van der Waals surface area contributed by atoms with Crippen molar-refractivity contribution in [3.63, 3.8) is 0 Å². The van der Waals surface area contributed by atoms with Crippen LogP contribution in [0.15, 0.2) is 36.7 Å². The summed E-state index contributed by atoms with van der Waals surface area (Å²) in [7, 11) is 0. The number of hydrogen-bond donors (Lipinski definition) is 1. The minimum absolute atomic E-state index is 0.355. The highest BCUT2D eigenvalue weighted by molar-refractivity contribution is 5.89. The van der Waals surface area contributed by atoms with Crippen LogP contribution in [0.2, 0.25) is 0 Å². The average molecular weight is 242 g/mol. The van der Waals surface area contributed by atoms with Crippen molar-refractivity contribution in [2.75, 3.05) is 0 Å². The molecule has 0 bridgehead atoms. The third-order valence-electron chi connectivity index (χ3n) is 2.40. The van der Waals surface area contributed by atoms with Crippen molar-refractivity contribution >= 4 is 5.97 Å². The molecule has 0 unspecified atom stereocenters. The first-order valence-corrected chi connectivity index (χ1v) is 5.00. The van der Waals surface area contributed by atoms with Gasteiger partial charge in [0, 0.05) is 18.0 Å². The molecule has 5 heteroatoms. The summed E-state index contributed by atoms with van der Waals surface area (Å²) in [6.07, 6.45) is 2.88. The number of nitrogens with zero attached hydrogens (tertiary/aromatic N) is 2. The van der Waals surface area contributed by atoms with E-state index in [4.69, 9.17) is 10.4 Å². The monoisotopic (exact) mass is 242 g/mol. The van der Waals surface area contributed by atoms with E-state index >= 15 is 0 Å². The van der Waals surface area contributed by atoms with Crippen molar-refractivity contribution in [3.8, 4) is 17.2 Å². The van der Waals surface area contributed by atoms with Crippen LogP contribution in [0.5, 0.6) is 0 Å². The normalized spacial score (nSPS) is 9.78. The van der Waals surface area contributed by atoms with E-state index in [1.54, 1.807) is 6.07 Å². The van der Waals surface area contributed by atoms with E-state index < -0.39 is 17.3 Å². The molecule has 1 aromatic carbocycles. The Morgan fingerprint density at radius 1 is 1.28 bits per heavy atom. The molecule has 0 saturated carbocycles. The summed E-state index contributed by atoms with van der Waals surface area (Å²) in [6, 6.07) is 7.24. The van der Waals surface area contributed by atoms with Crippen LogP contribution >= 0.6 is 0 Å². The standard InChI is InChI=1S/C13H7FN2O2/c14-12-2-1-9(4-11(12)13(17)18)10-3-8(5-15)6-16-7-10/h1-4,6-7H,(H,17,18). The molecule has 1 N–H and O–H groups in total. The largest absolute Gasteiger partial charge is 0.478 e. The van der Waals surface area contributed by atoms with Gasteiger partial charge >= 0.3 is 5.97 Å². The number of pyridine rings is 1. The van der Waals surface area contributed by atoms with Crippen LogP contribution in [-0.4, -0.2) is 16.1 Å². The van der Waals surface area contributed by atoms with Crippen LogP contribution in [0, 0.1) is 17.1 Å². The number of rotatable bonds is 2. The molecule has 2 rings (SSSR count). The van der Waals surface area contributed by atoms with Crippen LogP contribution in [0.3, 0.4) is 0 Å². The molecule has 0 aliphatic carbocycles. The van der Waals surface area contributed by atoms with E-state index in [0.717, 1.165) is 6.07 Å². The molecule has 0 aliphatic rings. The van der Waals surface area contributed by atoms with Gasteiger partial charge in [0.1, 0.15) is 11.9 Å². The number of aromatic nitrogens is 1. The van der Waals surface area contributed by atoms with Crippen molar-refractivity contribution in [3.05, 3.63) is 53.6 Å². The Bertz CT molecular complexity index is 662. The third kappa shape index (κ3) is 2.18. The summed E-state index contributed by atoms with van der Waals surface area (Å²) in [5.74, 6) is -2.13. The Morgan fingerprint density at radius 3 is 2.72 bits per heavy atom. The molecule has 0 radical (unpaired) electrons. The number of benzene rings is 1. The fourth-order valence-electron chi connectivity index (χ4n) is 1.53. The SMILES string of the molecule is N#Cc1cncc(-c2ccc(F)c(C(=O)O)c2)c1. The Hall–Kier alpha value is -2.74. The van der Waals surface area contributed by atoms with Gasteiger partial charge in [0.05, 0.1) is 11.1 Å². The topological polar surface area (TPSA) is 74.0 Å². The first-order valence-electron chi connectivity index (χ1n) is 5.00. The molecule has 2 aromatic rings. The molecule has 0 spiro atoms. The zero-order valence-corrected chi connectivity index (χ0v) is 9.09. The highest BCUT2D eigenvalue weighted by atomic mass is 19.1. The third-order valence-corrected chi connectivity index (χ3v) is 2.40. The van der Waals surface area contributed by atoms with Gasteiger partial charge in [-0.3, -0.25) is 4.98 Å².